The Hall–Kier alpha value is -3.97. The SMILES string of the molecule is NC(Cc1cnc[nH]1)C(=O)NC(Cc1ccccc1)C(=O)Nc1ccc2ccccc2c1. The number of hydrogen-bond acceptors (Lipinski definition) is 4. The molecule has 2 amide bonds. The summed E-state index contributed by atoms with van der Waals surface area (Å²) >= 11 is 0. The van der Waals surface area contributed by atoms with Crippen LogP contribution >= 0.6 is 0 Å². The Morgan fingerprint density at radius 1 is 0.906 bits per heavy atom. The average molecular weight is 428 g/mol. The summed E-state index contributed by atoms with van der Waals surface area (Å²) in [5, 5.41) is 7.87. The molecule has 2 atom stereocenters. The number of anilines is 1. The molecule has 0 aliphatic carbocycles. The van der Waals surface area contributed by atoms with Gasteiger partial charge in [0.1, 0.15) is 6.04 Å². The van der Waals surface area contributed by atoms with Crippen LogP contribution in [0.4, 0.5) is 5.69 Å². The maximum Gasteiger partial charge on any atom is 0.247 e. The fourth-order valence-electron chi connectivity index (χ4n) is 3.56. The van der Waals surface area contributed by atoms with Crippen LogP contribution in [0.5, 0.6) is 0 Å². The highest BCUT2D eigenvalue weighted by Gasteiger charge is 2.24. The number of amides is 2. The van der Waals surface area contributed by atoms with Gasteiger partial charge in [-0.15, -0.1) is 0 Å². The predicted molar refractivity (Wildman–Crippen MR) is 125 cm³/mol. The summed E-state index contributed by atoms with van der Waals surface area (Å²) in [5.74, 6) is -0.694. The number of nitrogens with one attached hydrogen (secondary N) is 3. The van der Waals surface area contributed by atoms with E-state index < -0.39 is 18.0 Å². The van der Waals surface area contributed by atoms with Crippen LogP contribution in [0.25, 0.3) is 10.8 Å². The van der Waals surface area contributed by atoms with Gasteiger partial charge in [0.05, 0.1) is 12.4 Å². The summed E-state index contributed by atoms with van der Waals surface area (Å²) in [5.41, 5.74) is 8.44. The number of rotatable bonds is 8. The summed E-state index contributed by atoms with van der Waals surface area (Å²) in [7, 11) is 0. The Bertz CT molecular complexity index is 1190. The molecule has 32 heavy (non-hydrogen) atoms. The van der Waals surface area contributed by atoms with E-state index in [1.807, 2.05) is 72.8 Å². The van der Waals surface area contributed by atoms with Crippen LogP contribution in [-0.4, -0.2) is 33.9 Å². The Morgan fingerprint density at radius 2 is 1.66 bits per heavy atom. The first-order chi connectivity index (χ1) is 15.6. The van der Waals surface area contributed by atoms with Gasteiger partial charge in [-0.05, 0) is 28.5 Å². The molecule has 2 unspecified atom stereocenters. The number of carbonyl (C=O) groups is 2. The summed E-state index contributed by atoms with van der Waals surface area (Å²) in [6.07, 6.45) is 3.81. The van der Waals surface area contributed by atoms with E-state index in [0.29, 0.717) is 18.5 Å². The molecular weight excluding hydrogens is 402 g/mol. The third kappa shape index (κ3) is 5.39. The fourth-order valence-corrected chi connectivity index (χ4v) is 3.56. The number of hydrogen-bond donors (Lipinski definition) is 4. The summed E-state index contributed by atoms with van der Waals surface area (Å²) in [6, 6.07) is 21.6. The van der Waals surface area contributed by atoms with Crippen LogP contribution in [0, 0.1) is 0 Å². The van der Waals surface area contributed by atoms with Gasteiger partial charge in [-0.25, -0.2) is 4.98 Å². The van der Waals surface area contributed by atoms with Gasteiger partial charge in [-0.1, -0.05) is 60.7 Å². The normalized spacial score (nSPS) is 12.8. The molecule has 0 spiro atoms. The second kappa shape index (κ2) is 9.89. The molecule has 0 aliphatic heterocycles. The Balaban J connectivity index is 1.49. The topological polar surface area (TPSA) is 113 Å². The van der Waals surface area contributed by atoms with E-state index in [0.717, 1.165) is 22.0 Å². The summed E-state index contributed by atoms with van der Waals surface area (Å²) in [4.78, 5) is 32.8. The average Bonchev–Trinajstić information content (AvgIpc) is 3.32. The highest BCUT2D eigenvalue weighted by atomic mass is 16.2. The number of H-pyrrole nitrogens is 1. The maximum atomic E-state index is 13.1. The number of aromatic amines is 1. The number of imidazole rings is 1. The van der Waals surface area contributed by atoms with Crippen LogP contribution in [0.2, 0.25) is 0 Å². The zero-order valence-electron chi connectivity index (χ0n) is 17.5. The molecule has 7 heteroatoms. The minimum absolute atomic E-state index is 0.300. The quantitative estimate of drug-likeness (QED) is 0.346. The lowest BCUT2D eigenvalue weighted by atomic mass is 10.0. The number of nitrogens with zero attached hydrogens (tertiary/aromatic N) is 1. The molecule has 3 aromatic carbocycles. The van der Waals surface area contributed by atoms with Crippen molar-refractivity contribution >= 4 is 28.3 Å². The van der Waals surface area contributed by atoms with Gasteiger partial charge in [-0.3, -0.25) is 9.59 Å². The number of fused-ring (bicyclic) bond motifs is 1. The van der Waals surface area contributed by atoms with E-state index in [9.17, 15) is 9.59 Å². The molecular formula is C25H25N5O2. The van der Waals surface area contributed by atoms with Gasteiger partial charge in [0.15, 0.2) is 0 Å². The minimum Gasteiger partial charge on any atom is -0.348 e. The molecule has 162 valence electrons. The number of carbonyl (C=O) groups excluding carboxylic acids is 2. The van der Waals surface area contributed by atoms with Crippen molar-refractivity contribution in [3.05, 3.63) is 96.6 Å². The van der Waals surface area contributed by atoms with Gasteiger partial charge in [0, 0.05) is 30.4 Å². The van der Waals surface area contributed by atoms with Gasteiger partial charge >= 0.3 is 0 Å². The predicted octanol–water partition coefficient (Wildman–Crippen LogP) is 2.80. The monoisotopic (exact) mass is 427 g/mol. The Morgan fingerprint density at radius 3 is 2.41 bits per heavy atom. The first-order valence-corrected chi connectivity index (χ1v) is 10.5. The number of benzene rings is 3. The third-order valence-electron chi connectivity index (χ3n) is 5.26. The van der Waals surface area contributed by atoms with Gasteiger partial charge in [0.25, 0.3) is 0 Å². The van der Waals surface area contributed by atoms with E-state index in [4.69, 9.17) is 5.73 Å². The molecule has 4 aromatic rings. The molecule has 1 heterocycles. The molecule has 4 rings (SSSR count). The zero-order chi connectivity index (χ0) is 22.3. The molecule has 0 radical (unpaired) electrons. The Labute approximate surface area is 186 Å². The molecule has 0 fully saturated rings. The van der Waals surface area contributed by atoms with Crippen molar-refractivity contribution in [2.45, 2.75) is 24.9 Å². The van der Waals surface area contributed by atoms with Crippen molar-refractivity contribution in [3.8, 4) is 0 Å². The van der Waals surface area contributed by atoms with Crippen LogP contribution in [-0.2, 0) is 22.4 Å². The van der Waals surface area contributed by atoms with E-state index in [1.54, 1.807) is 6.20 Å². The molecule has 0 aliphatic rings. The second-order valence-electron chi connectivity index (χ2n) is 7.69. The molecule has 0 bridgehead atoms. The smallest absolute Gasteiger partial charge is 0.247 e. The molecule has 5 N–H and O–H groups in total. The van der Waals surface area contributed by atoms with E-state index in [-0.39, 0.29) is 5.91 Å². The third-order valence-corrected chi connectivity index (χ3v) is 5.26. The van der Waals surface area contributed by atoms with E-state index >= 15 is 0 Å². The highest BCUT2D eigenvalue weighted by molar-refractivity contribution is 5.99. The Kier molecular flexibility index (Phi) is 6.57. The summed E-state index contributed by atoms with van der Waals surface area (Å²) in [6.45, 7) is 0. The minimum atomic E-state index is -0.804. The van der Waals surface area contributed by atoms with Gasteiger partial charge < -0.3 is 21.4 Å². The van der Waals surface area contributed by atoms with Crippen LogP contribution in [0.3, 0.4) is 0 Å². The number of aromatic nitrogens is 2. The lowest BCUT2D eigenvalue weighted by molar-refractivity contribution is -0.127. The first kappa shape index (κ1) is 21.3. The fraction of sp³-hybridized carbons (Fsp3) is 0.160. The maximum absolute atomic E-state index is 13.1. The van der Waals surface area contributed by atoms with Crippen LogP contribution < -0.4 is 16.4 Å². The highest BCUT2D eigenvalue weighted by Crippen LogP contribution is 2.19. The van der Waals surface area contributed by atoms with E-state index in [1.165, 1.54) is 6.33 Å². The van der Waals surface area contributed by atoms with Crippen molar-refractivity contribution < 1.29 is 9.59 Å². The second-order valence-corrected chi connectivity index (χ2v) is 7.69. The van der Waals surface area contributed by atoms with Crippen LogP contribution in [0.15, 0.2) is 85.3 Å². The molecule has 0 saturated carbocycles. The van der Waals surface area contributed by atoms with Crippen molar-refractivity contribution in [3.63, 3.8) is 0 Å². The van der Waals surface area contributed by atoms with Crippen LogP contribution in [0.1, 0.15) is 11.3 Å². The van der Waals surface area contributed by atoms with Crippen molar-refractivity contribution in [1.82, 2.24) is 15.3 Å². The summed E-state index contributed by atoms with van der Waals surface area (Å²) < 4.78 is 0. The van der Waals surface area contributed by atoms with Gasteiger partial charge in [-0.2, -0.15) is 0 Å². The number of nitrogens with two attached hydrogens (primary N) is 1. The van der Waals surface area contributed by atoms with Gasteiger partial charge in [0.2, 0.25) is 11.8 Å². The lowest BCUT2D eigenvalue weighted by Crippen LogP contribution is -2.51. The molecule has 1 aromatic heterocycles. The van der Waals surface area contributed by atoms with Crippen molar-refractivity contribution in [2.24, 2.45) is 5.73 Å². The first-order valence-electron chi connectivity index (χ1n) is 10.5. The lowest BCUT2D eigenvalue weighted by Gasteiger charge is -2.21. The van der Waals surface area contributed by atoms with Crippen molar-refractivity contribution in [2.75, 3.05) is 5.32 Å². The molecule has 7 nitrogen and oxygen atoms in total. The van der Waals surface area contributed by atoms with E-state index in [2.05, 4.69) is 20.6 Å². The zero-order valence-corrected chi connectivity index (χ0v) is 17.5. The largest absolute Gasteiger partial charge is 0.348 e. The molecule has 0 saturated heterocycles. The van der Waals surface area contributed by atoms with Crippen molar-refractivity contribution in [1.29, 1.82) is 0 Å². The standard InChI is InChI=1S/C25H25N5O2/c26-22(14-21-15-27-16-28-21)24(31)30-23(12-17-6-2-1-3-7-17)25(32)29-20-11-10-18-8-4-5-9-19(18)13-20/h1-11,13,15-16,22-23H,12,14,26H2,(H,27,28)(H,29,32)(H,30,31).